The predicted molar refractivity (Wildman–Crippen MR) is 121 cm³/mol. The highest BCUT2D eigenvalue weighted by atomic mass is 79.9. The summed E-state index contributed by atoms with van der Waals surface area (Å²) in [5.41, 5.74) is 8.71. The highest BCUT2D eigenvalue weighted by Crippen LogP contribution is 2.24. The fraction of sp³-hybridized carbons (Fsp3) is 0.182. The van der Waals surface area contributed by atoms with Gasteiger partial charge in [0.15, 0.2) is 0 Å². The maximum atomic E-state index is 13.6. The summed E-state index contributed by atoms with van der Waals surface area (Å²) in [6.07, 6.45) is 6.57. The van der Waals surface area contributed by atoms with Gasteiger partial charge in [0, 0.05) is 23.3 Å². The lowest BCUT2D eigenvalue weighted by molar-refractivity contribution is 0.0663. The van der Waals surface area contributed by atoms with E-state index in [1.165, 1.54) is 0 Å². The molecule has 0 aliphatic rings. The summed E-state index contributed by atoms with van der Waals surface area (Å²) in [7, 11) is 0. The molecule has 3 heterocycles. The molecule has 0 saturated heterocycles. The number of hydrogen-bond donors (Lipinski definition) is 1. The number of nitrogens with zero attached hydrogens (tertiary/aromatic N) is 6. The third-order valence-corrected chi connectivity index (χ3v) is 5.39. The number of rotatable bonds is 5. The molecule has 1 amide bonds. The molecule has 0 spiro atoms. The van der Waals surface area contributed by atoms with E-state index in [1.54, 1.807) is 47.9 Å². The summed E-state index contributed by atoms with van der Waals surface area (Å²) in [5.74, 6) is 0.866. The van der Waals surface area contributed by atoms with Gasteiger partial charge in [0.25, 0.3) is 5.91 Å². The maximum absolute atomic E-state index is 13.6. The summed E-state index contributed by atoms with van der Waals surface area (Å²) in [6, 6.07) is 8.69. The number of anilines is 1. The average molecular weight is 478 g/mol. The molecule has 0 aliphatic heterocycles. The predicted octanol–water partition coefficient (Wildman–Crippen LogP) is 3.87. The molecule has 0 aliphatic carbocycles. The maximum Gasteiger partial charge on any atom is 0.254 e. The number of fused-ring (bicyclic) bond motifs is 1. The third kappa shape index (κ3) is 4.51. The Hall–Kier alpha value is -3.46. The van der Waals surface area contributed by atoms with Gasteiger partial charge in [-0.15, -0.1) is 0 Å². The van der Waals surface area contributed by atoms with Gasteiger partial charge in [-0.1, -0.05) is 0 Å². The quantitative estimate of drug-likeness (QED) is 0.464. The Balaban J connectivity index is 1.72. The van der Waals surface area contributed by atoms with Crippen LogP contribution in [0.15, 0.2) is 59.7 Å². The van der Waals surface area contributed by atoms with Gasteiger partial charge < -0.3 is 10.6 Å². The molecule has 1 unspecified atom stereocenters. The van der Waals surface area contributed by atoms with Crippen LogP contribution in [0.2, 0.25) is 0 Å². The SMILES string of the molecule is Cc1cc2cc(C(=O)N(Cc3cnc(Br)cn3)C(C)c3ncccn3)ccc2nc1N. The molecule has 3 aromatic heterocycles. The van der Waals surface area contributed by atoms with Gasteiger partial charge in [-0.05, 0) is 65.7 Å². The van der Waals surface area contributed by atoms with E-state index >= 15 is 0 Å². The molecule has 8 nitrogen and oxygen atoms in total. The lowest BCUT2D eigenvalue weighted by atomic mass is 10.1. The van der Waals surface area contributed by atoms with Gasteiger partial charge in [0.2, 0.25) is 0 Å². The first-order valence-electron chi connectivity index (χ1n) is 9.63. The minimum atomic E-state index is -0.374. The van der Waals surface area contributed by atoms with Crippen molar-refractivity contribution in [3.8, 4) is 0 Å². The summed E-state index contributed by atoms with van der Waals surface area (Å²) < 4.78 is 0.630. The van der Waals surface area contributed by atoms with Crippen LogP contribution in [-0.4, -0.2) is 35.7 Å². The first-order valence-corrected chi connectivity index (χ1v) is 10.4. The van der Waals surface area contributed by atoms with Crippen molar-refractivity contribution in [2.45, 2.75) is 26.4 Å². The van der Waals surface area contributed by atoms with Crippen molar-refractivity contribution < 1.29 is 4.79 Å². The molecular formula is C22H20BrN7O. The zero-order valence-electron chi connectivity index (χ0n) is 17.0. The smallest absolute Gasteiger partial charge is 0.254 e. The van der Waals surface area contributed by atoms with Crippen LogP contribution in [0.5, 0.6) is 0 Å². The number of aryl methyl sites for hydroxylation is 1. The summed E-state index contributed by atoms with van der Waals surface area (Å²) >= 11 is 3.29. The molecule has 0 fully saturated rings. The van der Waals surface area contributed by atoms with Crippen molar-refractivity contribution in [3.63, 3.8) is 0 Å². The van der Waals surface area contributed by atoms with Crippen LogP contribution < -0.4 is 5.73 Å². The number of benzene rings is 1. The summed E-state index contributed by atoms with van der Waals surface area (Å²) in [4.78, 5) is 36.9. The first-order chi connectivity index (χ1) is 14.9. The van der Waals surface area contributed by atoms with Crippen molar-refractivity contribution in [1.82, 2.24) is 29.8 Å². The standard InChI is InChI=1S/C22H20BrN7O/c1-13-8-16-9-15(4-5-18(16)29-20(13)24)22(31)30(12-17-10-28-19(23)11-27-17)14(2)21-25-6-3-7-26-21/h3-11,14H,12H2,1-2H3,(H2,24,29). The Morgan fingerprint density at radius 2 is 1.90 bits per heavy atom. The van der Waals surface area contributed by atoms with Crippen molar-refractivity contribution >= 4 is 38.6 Å². The number of pyridine rings is 1. The van der Waals surface area contributed by atoms with Gasteiger partial charge in [-0.2, -0.15) is 0 Å². The number of halogens is 1. The van der Waals surface area contributed by atoms with Crippen LogP contribution in [0.3, 0.4) is 0 Å². The van der Waals surface area contributed by atoms with Crippen LogP contribution in [-0.2, 0) is 6.54 Å². The second-order valence-electron chi connectivity index (χ2n) is 7.14. The molecule has 9 heteroatoms. The average Bonchev–Trinajstić information content (AvgIpc) is 2.79. The highest BCUT2D eigenvalue weighted by Gasteiger charge is 2.25. The van der Waals surface area contributed by atoms with Crippen molar-refractivity contribution in [1.29, 1.82) is 0 Å². The number of hydrogen-bond acceptors (Lipinski definition) is 7. The van der Waals surface area contributed by atoms with E-state index in [-0.39, 0.29) is 18.5 Å². The molecule has 0 bridgehead atoms. The fourth-order valence-corrected chi connectivity index (χ4v) is 3.45. The third-order valence-electron chi connectivity index (χ3n) is 4.99. The Kier molecular flexibility index (Phi) is 5.85. The molecule has 0 radical (unpaired) electrons. The van der Waals surface area contributed by atoms with Crippen molar-refractivity contribution in [2.75, 3.05) is 5.73 Å². The Labute approximate surface area is 187 Å². The number of aromatic nitrogens is 5. The Morgan fingerprint density at radius 1 is 1.13 bits per heavy atom. The van der Waals surface area contributed by atoms with E-state index in [9.17, 15) is 4.79 Å². The number of nitrogens with two attached hydrogens (primary N) is 1. The lowest BCUT2D eigenvalue weighted by Crippen LogP contribution is -2.34. The van der Waals surface area contributed by atoms with E-state index in [0.717, 1.165) is 16.5 Å². The van der Waals surface area contributed by atoms with Crippen LogP contribution in [0, 0.1) is 6.92 Å². The number of amides is 1. The normalized spacial score (nSPS) is 12.0. The van der Waals surface area contributed by atoms with E-state index in [1.807, 2.05) is 26.0 Å². The number of carbonyl (C=O) groups excluding carboxylic acids is 1. The monoisotopic (exact) mass is 477 g/mol. The van der Waals surface area contributed by atoms with Gasteiger partial charge >= 0.3 is 0 Å². The zero-order chi connectivity index (χ0) is 22.0. The molecular weight excluding hydrogens is 458 g/mol. The first kappa shape index (κ1) is 20.8. The molecule has 2 N–H and O–H groups in total. The largest absolute Gasteiger partial charge is 0.383 e. The second kappa shape index (κ2) is 8.73. The minimum absolute atomic E-state index is 0.166. The minimum Gasteiger partial charge on any atom is -0.383 e. The molecule has 1 aromatic carbocycles. The van der Waals surface area contributed by atoms with Crippen LogP contribution >= 0.6 is 15.9 Å². The highest BCUT2D eigenvalue weighted by molar-refractivity contribution is 9.10. The van der Waals surface area contributed by atoms with Crippen LogP contribution in [0.4, 0.5) is 5.82 Å². The molecule has 31 heavy (non-hydrogen) atoms. The van der Waals surface area contributed by atoms with Crippen LogP contribution in [0.25, 0.3) is 10.9 Å². The number of nitrogen functional groups attached to an aromatic ring is 1. The van der Waals surface area contributed by atoms with Gasteiger partial charge in [0.1, 0.15) is 16.2 Å². The summed E-state index contributed by atoms with van der Waals surface area (Å²) in [5, 5.41) is 0.851. The van der Waals surface area contributed by atoms with E-state index in [0.29, 0.717) is 27.5 Å². The molecule has 156 valence electrons. The topological polar surface area (TPSA) is 111 Å². The van der Waals surface area contributed by atoms with Gasteiger partial charge in [-0.25, -0.2) is 19.9 Å². The fourth-order valence-electron chi connectivity index (χ4n) is 3.24. The Morgan fingerprint density at radius 3 is 2.61 bits per heavy atom. The van der Waals surface area contributed by atoms with Crippen molar-refractivity contribution in [3.05, 3.63) is 82.4 Å². The Bertz CT molecular complexity index is 1230. The van der Waals surface area contributed by atoms with Crippen LogP contribution in [0.1, 0.15) is 40.4 Å². The lowest BCUT2D eigenvalue weighted by Gasteiger charge is -2.28. The van der Waals surface area contributed by atoms with E-state index in [2.05, 4.69) is 40.8 Å². The van der Waals surface area contributed by atoms with Gasteiger partial charge in [-0.3, -0.25) is 9.78 Å². The molecule has 4 rings (SSSR count). The molecule has 1 atom stereocenters. The second-order valence-corrected chi connectivity index (χ2v) is 7.96. The van der Waals surface area contributed by atoms with Crippen molar-refractivity contribution in [2.24, 2.45) is 0 Å². The molecule has 4 aromatic rings. The van der Waals surface area contributed by atoms with Gasteiger partial charge in [0.05, 0.1) is 36.2 Å². The van der Waals surface area contributed by atoms with E-state index < -0.39 is 0 Å². The van der Waals surface area contributed by atoms with E-state index in [4.69, 9.17) is 5.73 Å². The summed E-state index contributed by atoms with van der Waals surface area (Å²) in [6.45, 7) is 4.05. The molecule has 0 saturated carbocycles. The zero-order valence-corrected chi connectivity index (χ0v) is 18.6. The number of carbonyl (C=O) groups is 1.